The van der Waals surface area contributed by atoms with Gasteiger partial charge in [0.05, 0.1) is 11.2 Å². The molecule has 29 heavy (non-hydrogen) atoms. The van der Waals surface area contributed by atoms with Crippen molar-refractivity contribution in [1.29, 1.82) is 0 Å². The average molecular weight is 416 g/mol. The molecule has 0 N–H and O–H groups in total. The molecule has 1 aliphatic heterocycles. The fourth-order valence-electron chi connectivity index (χ4n) is 3.31. The van der Waals surface area contributed by atoms with Crippen molar-refractivity contribution in [3.05, 3.63) is 60.5 Å². The predicted molar refractivity (Wildman–Crippen MR) is 102 cm³/mol. The highest BCUT2D eigenvalue weighted by atomic mass is 32.2. The quantitative estimate of drug-likeness (QED) is 0.568. The maximum absolute atomic E-state index is 13.0. The van der Waals surface area contributed by atoms with Gasteiger partial charge in [-0.15, -0.1) is 0 Å². The molecule has 152 valence electrons. The number of hydrogen-bond donors (Lipinski definition) is 0. The monoisotopic (exact) mass is 416 g/mol. The maximum Gasteiger partial charge on any atom is 0.324 e. The van der Waals surface area contributed by atoms with Gasteiger partial charge in [-0.1, -0.05) is 23.4 Å². The summed E-state index contributed by atoms with van der Waals surface area (Å²) in [5, 5.41) is 3.86. The maximum atomic E-state index is 13.0. The van der Waals surface area contributed by atoms with Crippen LogP contribution >= 0.6 is 0 Å². The first kappa shape index (κ1) is 19.4. The summed E-state index contributed by atoms with van der Waals surface area (Å²) < 4.78 is 43.0. The molecule has 4 rings (SSSR count). The van der Waals surface area contributed by atoms with Gasteiger partial charge < -0.3 is 13.7 Å². The number of hydrogen-bond acceptors (Lipinski definition) is 7. The van der Waals surface area contributed by atoms with Crippen LogP contribution in [-0.4, -0.2) is 36.4 Å². The van der Waals surface area contributed by atoms with Gasteiger partial charge in [-0.3, -0.25) is 4.79 Å². The summed E-state index contributed by atoms with van der Waals surface area (Å²) in [6, 6.07) is 12.3. The predicted octanol–water partition coefficient (Wildman–Crippen LogP) is 3.22. The highest BCUT2D eigenvalue weighted by molar-refractivity contribution is 7.89. The van der Waals surface area contributed by atoms with E-state index in [4.69, 9.17) is 13.7 Å². The molecule has 0 amide bonds. The Morgan fingerprint density at radius 2 is 1.97 bits per heavy atom. The van der Waals surface area contributed by atoms with Crippen LogP contribution in [0.4, 0.5) is 0 Å². The number of piperidine rings is 1. The normalized spacial score (nSPS) is 17.9. The van der Waals surface area contributed by atoms with Gasteiger partial charge in [0.2, 0.25) is 15.8 Å². The van der Waals surface area contributed by atoms with Crippen LogP contribution in [-0.2, 0) is 26.2 Å². The Labute approximate surface area is 168 Å². The minimum atomic E-state index is -3.78. The van der Waals surface area contributed by atoms with Crippen molar-refractivity contribution in [3.8, 4) is 11.5 Å². The highest BCUT2D eigenvalue weighted by Gasteiger charge is 2.38. The number of rotatable bonds is 6. The lowest BCUT2D eigenvalue weighted by Crippen LogP contribution is -2.48. The number of ether oxygens (including phenoxy) is 1. The third-order valence-electron chi connectivity index (χ3n) is 4.76. The summed E-state index contributed by atoms with van der Waals surface area (Å²) >= 11 is 0. The van der Waals surface area contributed by atoms with E-state index in [1.165, 1.54) is 22.7 Å². The highest BCUT2D eigenvalue weighted by Crippen LogP contribution is 2.26. The molecule has 3 aromatic rings. The first-order chi connectivity index (χ1) is 14.1. The summed E-state index contributed by atoms with van der Waals surface area (Å²) in [6.45, 7) is 0.169. The Hall–Kier alpha value is -2.91. The number of carbonyl (C=O) groups excluding carboxylic acids is 1. The van der Waals surface area contributed by atoms with Gasteiger partial charge >= 0.3 is 5.97 Å². The van der Waals surface area contributed by atoms with Crippen molar-refractivity contribution in [2.75, 3.05) is 6.54 Å². The average Bonchev–Trinajstić information content (AvgIpc) is 3.44. The third-order valence-corrected chi connectivity index (χ3v) is 6.68. The zero-order chi connectivity index (χ0) is 20.3. The van der Waals surface area contributed by atoms with Gasteiger partial charge in [0.15, 0.2) is 5.76 Å². The molecule has 3 heterocycles. The van der Waals surface area contributed by atoms with E-state index < -0.39 is 22.0 Å². The molecule has 1 saturated heterocycles. The van der Waals surface area contributed by atoms with Crippen molar-refractivity contribution in [2.45, 2.75) is 36.8 Å². The van der Waals surface area contributed by atoms with Crippen molar-refractivity contribution < 1.29 is 26.9 Å². The van der Waals surface area contributed by atoms with Gasteiger partial charge in [0.25, 0.3) is 0 Å². The molecular formula is C20H20N2O6S. The Morgan fingerprint density at radius 1 is 1.14 bits per heavy atom. The first-order valence-electron chi connectivity index (χ1n) is 9.29. The summed E-state index contributed by atoms with van der Waals surface area (Å²) in [6.07, 6.45) is 3.39. The van der Waals surface area contributed by atoms with Gasteiger partial charge in [-0.25, -0.2) is 8.42 Å². The Bertz CT molecular complexity index is 1060. The fraction of sp³-hybridized carbons (Fsp3) is 0.300. The van der Waals surface area contributed by atoms with E-state index in [0.29, 0.717) is 30.1 Å². The van der Waals surface area contributed by atoms with E-state index in [0.717, 1.165) is 6.42 Å². The number of carbonyl (C=O) groups is 1. The van der Waals surface area contributed by atoms with Crippen molar-refractivity contribution in [3.63, 3.8) is 0 Å². The lowest BCUT2D eigenvalue weighted by atomic mass is 10.1. The second kappa shape index (κ2) is 8.22. The summed E-state index contributed by atoms with van der Waals surface area (Å²) in [4.78, 5) is 12.9. The molecule has 1 fully saturated rings. The molecule has 2 aromatic heterocycles. The van der Waals surface area contributed by atoms with Gasteiger partial charge in [-0.05, 0) is 43.5 Å². The lowest BCUT2D eigenvalue weighted by molar-refractivity contribution is -0.150. The molecule has 0 saturated carbocycles. The lowest BCUT2D eigenvalue weighted by Gasteiger charge is -2.32. The molecule has 1 atom stereocenters. The van der Waals surface area contributed by atoms with Gasteiger partial charge in [0.1, 0.15) is 18.3 Å². The molecule has 0 unspecified atom stereocenters. The zero-order valence-corrected chi connectivity index (χ0v) is 16.4. The van der Waals surface area contributed by atoms with Crippen LogP contribution in [0.5, 0.6) is 0 Å². The second-order valence-electron chi connectivity index (χ2n) is 6.71. The first-order valence-corrected chi connectivity index (χ1v) is 10.7. The number of nitrogens with zero attached hydrogens (tertiary/aromatic N) is 2. The molecule has 0 spiro atoms. The van der Waals surface area contributed by atoms with Crippen LogP contribution in [0.15, 0.2) is 68.6 Å². The molecule has 1 aliphatic rings. The van der Waals surface area contributed by atoms with Gasteiger partial charge in [0, 0.05) is 12.6 Å². The van der Waals surface area contributed by atoms with Crippen LogP contribution in [0.25, 0.3) is 11.5 Å². The molecule has 0 radical (unpaired) electrons. The molecular weight excluding hydrogens is 396 g/mol. The number of sulfonamides is 1. The summed E-state index contributed by atoms with van der Waals surface area (Å²) in [5.41, 5.74) is 0.415. The fourth-order valence-corrected chi connectivity index (χ4v) is 4.98. The minimum Gasteiger partial charge on any atom is -0.461 e. The Kier molecular flexibility index (Phi) is 5.50. The number of benzene rings is 1. The van der Waals surface area contributed by atoms with Crippen LogP contribution < -0.4 is 0 Å². The van der Waals surface area contributed by atoms with Crippen LogP contribution in [0.3, 0.4) is 0 Å². The van der Waals surface area contributed by atoms with Crippen LogP contribution in [0.2, 0.25) is 0 Å². The second-order valence-corrected chi connectivity index (χ2v) is 8.60. The molecule has 8 nitrogen and oxygen atoms in total. The van der Waals surface area contributed by atoms with E-state index >= 15 is 0 Å². The molecule has 0 aliphatic carbocycles. The number of aromatic nitrogens is 1. The molecule has 1 aromatic carbocycles. The summed E-state index contributed by atoms with van der Waals surface area (Å²) in [5.74, 6) is 0.348. The number of esters is 1. The van der Waals surface area contributed by atoms with E-state index in [1.54, 1.807) is 36.4 Å². The van der Waals surface area contributed by atoms with Crippen LogP contribution in [0.1, 0.15) is 25.0 Å². The van der Waals surface area contributed by atoms with Crippen molar-refractivity contribution >= 4 is 16.0 Å². The van der Waals surface area contributed by atoms with Crippen molar-refractivity contribution in [2.24, 2.45) is 0 Å². The summed E-state index contributed by atoms with van der Waals surface area (Å²) in [7, 11) is -3.78. The number of furan rings is 1. The van der Waals surface area contributed by atoms with Crippen LogP contribution in [0, 0.1) is 0 Å². The zero-order valence-electron chi connectivity index (χ0n) is 15.6. The SMILES string of the molecule is O=C(OCc1cc(-c2ccco2)on1)[C@@H]1CCCCN1S(=O)(=O)c1ccccc1. The molecule has 0 bridgehead atoms. The third kappa shape index (κ3) is 4.10. The largest absolute Gasteiger partial charge is 0.461 e. The van der Waals surface area contributed by atoms with Gasteiger partial charge in [-0.2, -0.15) is 4.31 Å². The standard InChI is InChI=1S/C20H20N2O6S/c23-20(27-14-15-13-19(28-21-15)18-10-6-12-26-18)17-9-4-5-11-22(17)29(24,25)16-7-2-1-3-8-16/h1-3,6-8,10,12-13,17H,4-5,9,11,14H2/t17-/m0/s1. The topological polar surface area (TPSA) is 103 Å². The minimum absolute atomic E-state index is 0.112. The van der Waals surface area contributed by atoms with E-state index in [-0.39, 0.29) is 18.0 Å². The molecule has 9 heteroatoms. The van der Waals surface area contributed by atoms with E-state index in [9.17, 15) is 13.2 Å². The van der Waals surface area contributed by atoms with Crippen molar-refractivity contribution in [1.82, 2.24) is 9.46 Å². The van der Waals surface area contributed by atoms with E-state index in [2.05, 4.69) is 5.16 Å². The smallest absolute Gasteiger partial charge is 0.324 e. The Morgan fingerprint density at radius 3 is 2.72 bits per heavy atom. The Balaban J connectivity index is 1.45. The van der Waals surface area contributed by atoms with E-state index in [1.807, 2.05) is 0 Å².